The summed E-state index contributed by atoms with van der Waals surface area (Å²) in [7, 11) is 0. The lowest BCUT2D eigenvalue weighted by Crippen LogP contribution is -2.29. The van der Waals surface area contributed by atoms with Gasteiger partial charge in [0, 0.05) is 11.0 Å². The third-order valence-electron chi connectivity index (χ3n) is 4.75. The molecule has 0 spiro atoms. The van der Waals surface area contributed by atoms with Gasteiger partial charge in [-0.3, -0.25) is 0 Å². The van der Waals surface area contributed by atoms with Gasteiger partial charge in [0.05, 0.1) is 6.10 Å². The van der Waals surface area contributed by atoms with Gasteiger partial charge in [0.2, 0.25) is 0 Å². The first kappa shape index (κ1) is 15.5. The second-order valence-corrected chi connectivity index (χ2v) is 7.05. The summed E-state index contributed by atoms with van der Waals surface area (Å²) in [5.41, 5.74) is 2.19. The van der Waals surface area contributed by atoms with Crippen LogP contribution in [0.25, 0.3) is 0 Å². The number of hydrogen-bond donors (Lipinski definition) is 1. The third kappa shape index (κ3) is 2.90. The maximum atomic E-state index is 14.4. The van der Waals surface area contributed by atoms with Gasteiger partial charge in [0.15, 0.2) is 0 Å². The Morgan fingerprint density at radius 3 is 2.30 bits per heavy atom. The van der Waals surface area contributed by atoms with Crippen LogP contribution in [0.15, 0.2) is 12.1 Å². The van der Waals surface area contributed by atoms with Crippen molar-refractivity contribution in [3.63, 3.8) is 0 Å². The number of hydrogen-bond acceptors (Lipinski definition) is 1. The SMILES string of the molecule is Cc1cc(C)c(C(O)C2(CC(C)C)CCCC2)c(F)c1. The van der Waals surface area contributed by atoms with Crippen LogP contribution in [0, 0.1) is 31.0 Å². The first-order valence-corrected chi connectivity index (χ1v) is 7.80. The molecule has 20 heavy (non-hydrogen) atoms. The summed E-state index contributed by atoms with van der Waals surface area (Å²) in [6, 6.07) is 3.52. The summed E-state index contributed by atoms with van der Waals surface area (Å²) in [4.78, 5) is 0. The summed E-state index contributed by atoms with van der Waals surface area (Å²) < 4.78 is 14.4. The fraction of sp³-hybridized carbons (Fsp3) is 0.667. The van der Waals surface area contributed by atoms with Gasteiger partial charge in [0.25, 0.3) is 0 Å². The molecule has 1 N–H and O–H groups in total. The molecule has 1 unspecified atom stereocenters. The minimum absolute atomic E-state index is 0.130. The molecule has 1 fully saturated rings. The molecule has 1 saturated carbocycles. The number of benzene rings is 1. The number of aliphatic hydroxyl groups is 1. The fourth-order valence-corrected chi connectivity index (χ4v) is 4.06. The van der Waals surface area contributed by atoms with Crippen LogP contribution in [0.2, 0.25) is 0 Å². The van der Waals surface area contributed by atoms with Crippen LogP contribution >= 0.6 is 0 Å². The van der Waals surface area contributed by atoms with Gasteiger partial charge in [-0.05, 0) is 56.2 Å². The molecule has 1 aliphatic carbocycles. The molecular formula is C18H27FO. The normalized spacial score (nSPS) is 19.6. The first-order chi connectivity index (χ1) is 9.35. The summed E-state index contributed by atoms with van der Waals surface area (Å²) in [5, 5.41) is 10.9. The van der Waals surface area contributed by atoms with E-state index >= 15 is 0 Å². The summed E-state index contributed by atoms with van der Waals surface area (Å²) in [6.07, 6.45) is 4.62. The molecule has 0 amide bonds. The maximum absolute atomic E-state index is 14.4. The average Bonchev–Trinajstić information content (AvgIpc) is 2.76. The van der Waals surface area contributed by atoms with Crippen LogP contribution in [-0.2, 0) is 0 Å². The lowest BCUT2D eigenvalue weighted by atomic mass is 9.71. The van der Waals surface area contributed by atoms with E-state index in [0.717, 1.165) is 43.2 Å². The summed E-state index contributed by atoms with van der Waals surface area (Å²) >= 11 is 0. The van der Waals surface area contributed by atoms with E-state index < -0.39 is 6.10 Å². The van der Waals surface area contributed by atoms with Crippen molar-refractivity contribution in [2.45, 2.75) is 65.9 Å². The minimum Gasteiger partial charge on any atom is -0.388 e. The highest BCUT2D eigenvalue weighted by Gasteiger charge is 2.42. The molecule has 1 aromatic carbocycles. The molecule has 0 aromatic heterocycles. The van der Waals surface area contributed by atoms with Crippen LogP contribution in [0.1, 0.15) is 68.7 Å². The monoisotopic (exact) mass is 278 g/mol. The predicted molar refractivity (Wildman–Crippen MR) is 81.2 cm³/mol. The van der Waals surface area contributed by atoms with Crippen molar-refractivity contribution in [3.8, 4) is 0 Å². The van der Waals surface area contributed by atoms with Crippen molar-refractivity contribution in [2.24, 2.45) is 11.3 Å². The Labute approximate surface area is 122 Å². The second-order valence-electron chi connectivity index (χ2n) is 7.05. The molecule has 1 aliphatic rings. The van der Waals surface area contributed by atoms with E-state index in [1.54, 1.807) is 6.07 Å². The Bertz CT molecular complexity index is 449. The number of halogens is 1. The van der Waals surface area contributed by atoms with E-state index in [1.807, 2.05) is 19.9 Å². The van der Waals surface area contributed by atoms with Crippen molar-refractivity contribution in [1.82, 2.24) is 0 Å². The van der Waals surface area contributed by atoms with E-state index in [1.165, 1.54) is 0 Å². The highest BCUT2D eigenvalue weighted by atomic mass is 19.1. The fourth-order valence-electron chi connectivity index (χ4n) is 4.06. The zero-order chi connectivity index (χ0) is 14.9. The van der Waals surface area contributed by atoms with Gasteiger partial charge in [-0.1, -0.05) is 32.8 Å². The van der Waals surface area contributed by atoms with Crippen molar-refractivity contribution < 1.29 is 9.50 Å². The molecule has 112 valence electrons. The topological polar surface area (TPSA) is 20.2 Å². The standard InChI is InChI=1S/C18H27FO/c1-12(2)11-18(7-5-6-8-18)17(20)16-14(4)9-13(3)10-15(16)19/h9-10,12,17,20H,5-8,11H2,1-4H3. The van der Waals surface area contributed by atoms with E-state index in [0.29, 0.717) is 11.5 Å². The zero-order valence-corrected chi connectivity index (χ0v) is 13.2. The van der Waals surface area contributed by atoms with Gasteiger partial charge < -0.3 is 5.11 Å². The number of aryl methyl sites for hydroxylation is 2. The smallest absolute Gasteiger partial charge is 0.129 e. The second kappa shape index (κ2) is 5.85. The van der Waals surface area contributed by atoms with Gasteiger partial charge in [0.1, 0.15) is 5.82 Å². The first-order valence-electron chi connectivity index (χ1n) is 7.80. The van der Waals surface area contributed by atoms with Crippen LogP contribution < -0.4 is 0 Å². The number of aliphatic hydroxyl groups excluding tert-OH is 1. The van der Waals surface area contributed by atoms with Crippen molar-refractivity contribution in [2.75, 3.05) is 0 Å². The van der Waals surface area contributed by atoms with Crippen LogP contribution in [-0.4, -0.2) is 5.11 Å². The van der Waals surface area contributed by atoms with Crippen LogP contribution in [0.3, 0.4) is 0 Å². The Hall–Kier alpha value is -0.890. The molecular weight excluding hydrogens is 251 g/mol. The Balaban J connectivity index is 2.40. The lowest BCUT2D eigenvalue weighted by molar-refractivity contribution is 0.00830. The van der Waals surface area contributed by atoms with Gasteiger partial charge in [-0.2, -0.15) is 0 Å². The predicted octanol–water partition coefficient (Wildman–Crippen LogP) is 5.08. The molecule has 2 heteroatoms. The van der Waals surface area contributed by atoms with Crippen LogP contribution in [0.5, 0.6) is 0 Å². The molecule has 0 heterocycles. The average molecular weight is 278 g/mol. The zero-order valence-electron chi connectivity index (χ0n) is 13.2. The molecule has 0 saturated heterocycles. The quantitative estimate of drug-likeness (QED) is 0.814. The molecule has 1 aromatic rings. The largest absolute Gasteiger partial charge is 0.388 e. The van der Waals surface area contributed by atoms with E-state index in [2.05, 4.69) is 13.8 Å². The Morgan fingerprint density at radius 2 is 1.80 bits per heavy atom. The highest BCUT2D eigenvalue weighted by Crippen LogP contribution is 2.52. The van der Waals surface area contributed by atoms with Crippen LogP contribution in [0.4, 0.5) is 4.39 Å². The molecule has 1 atom stereocenters. The van der Waals surface area contributed by atoms with Crippen molar-refractivity contribution in [1.29, 1.82) is 0 Å². The molecule has 0 aliphatic heterocycles. The van der Waals surface area contributed by atoms with Crippen molar-refractivity contribution >= 4 is 0 Å². The summed E-state index contributed by atoms with van der Waals surface area (Å²) in [6.45, 7) is 8.18. The molecule has 0 radical (unpaired) electrons. The third-order valence-corrected chi connectivity index (χ3v) is 4.75. The van der Waals surface area contributed by atoms with Crippen molar-refractivity contribution in [3.05, 3.63) is 34.6 Å². The van der Waals surface area contributed by atoms with Gasteiger partial charge >= 0.3 is 0 Å². The van der Waals surface area contributed by atoms with E-state index in [4.69, 9.17) is 0 Å². The summed E-state index contributed by atoms with van der Waals surface area (Å²) in [5.74, 6) is 0.279. The Kier molecular flexibility index (Phi) is 4.53. The van der Waals surface area contributed by atoms with E-state index in [-0.39, 0.29) is 11.2 Å². The number of rotatable bonds is 4. The van der Waals surface area contributed by atoms with Gasteiger partial charge in [-0.15, -0.1) is 0 Å². The highest BCUT2D eigenvalue weighted by molar-refractivity contribution is 5.34. The molecule has 1 nitrogen and oxygen atoms in total. The maximum Gasteiger partial charge on any atom is 0.129 e. The Morgan fingerprint density at radius 1 is 1.20 bits per heavy atom. The molecule has 0 bridgehead atoms. The molecule has 2 rings (SSSR count). The van der Waals surface area contributed by atoms with Gasteiger partial charge in [-0.25, -0.2) is 4.39 Å². The lowest BCUT2D eigenvalue weighted by Gasteiger charge is -2.37. The van der Waals surface area contributed by atoms with E-state index in [9.17, 15) is 9.50 Å². The minimum atomic E-state index is -0.673.